The smallest absolute Gasteiger partial charge is 0.271 e. The van der Waals surface area contributed by atoms with E-state index in [4.69, 9.17) is 5.73 Å². The highest BCUT2D eigenvalue weighted by atomic mass is 16.2. The number of nitrogen functional groups attached to an aromatic ring is 1. The van der Waals surface area contributed by atoms with Gasteiger partial charge in [0.05, 0.1) is 11.9 Å². The molecule has 0 aliphatic carbocycles. The quantitative estimate of drug-likeness (QED) is 0.797. The summed E-state index contributed by atoms with van der Waals surface area (Å²) in [5.74, 6) is -0.237. The lowest BCUT2D eigenvalue weighted by molar-refractivity contribution is 0.0942. The largest absolute Gasteiger partial charge is 0.396 e. The van der Waals surface area contributed by atoms with E-state index in [0.717, 1.165) is 5.56 Å². The highest BCUT2D eigenvalue weighted by Gasteiger charge is 2.14. The molecule has 0 saturated heterocycles. The molecule has 2 aromatic heterocycles. The lowest BCUT2D eigenvalue weighted by atomic mass is 10.2. The maximum Gasteiger partial charge on any atom is 0.271 e. The van der Waals surface area contributed by atoms with E-state index in [9.17, 15) is 4.79 Å². The molecular weight excluding hydrogens is 218 g/mol. The normalized spacial score (nSPS) is 10.2. The summed E-state index contributed by atoms with van der Waals surface area (Å²) in [4.78, 5) is 15.8. The van der Waals surface area contributed by atoms with Gasteiger partial charge in [-0.3, -0.25) is 14.5 Å². The van der Waals surface area contributed by atoms with Crippen LogP contribution in [0.4, 0.5) is 5.69 Å². The lowest BCUT2D eigenvalue weighted by Gasteiger charge is -2.06. The van der Waals surface area contributed by atoms with Gasteiger partial charge in [0, 0.05) is 26.0 Å². The molecule has 88 valence electrons. The predicted molar refractivity (Wildman–Crippen MR) is 63.0 cm³/mol. The van der Waals surface area contributed by atoms with Crippen molar-refractivity contribution in [3.05, 3.63) is 42.0 Å². The van der Waals surface area contributed by atoms with Crippen molar-refractivity contribution in [2.45, 2.75) is 6.54 Å². The fourth-order valence-electron chi connectivity index (χ4n) is 1.50. The Hall–Kier alpha value is -2.37. The Kier molecular flexibility index (Phi) is 3.04. The first-order valence-electron chi connectivity index (χ1n) is 5.13. The monoisotopic (exact) mass is 231 g/mol. The molecule has 0 radical (unpaired) electrons. The third-order valence-electron chi connectivity index (χ3n) is 2.38. The number of carbonyl (C=O) groups excluding carboxylic acids is 1. The number of pyridine rings is 1. The van der Waals surface area contributed by atoms with Gasteiger partial charge in [0.25, 0.3) is 5.91 Å². The zero-order valence-corrected chi connectivity index (χ0v) is 9.42. The van der Waals surface area contributed by atoms with Crippen molar-refractivity contribution in [1.29, 1.82) is 0 Å². The second-order valence-corrected chi connectivity index (χ2v) is 3.61. The molecule has 0 saturated carbocycles. The van der Waals surface area contributed by atoms with Gasteiger partial charge in [-0.2, -0.15) is 5.10 Å². The number of aryl methyl sites for hydroxylation is 1. The SMILES string of the molecule is Cn1ncc(N)c1C(=O)NCc1ccncc1. The van der Waals surface area contributed by atoms with E-state index in [0.29, 0.717) is 17.9 Å². The molecule has 2 heterocycles. The van der Waals surface area contributed by atoms with Gasteiger partial charge in [-0.1, -0.05) is 0 Å². The third kappa shape index (κ3) is 2.41. The molecule has 0 unspecified atom stereocenters. The summed E-state index contributed by atoms with van der Waals surface area (Å²) in [5.41, 5.74) is 7.39. The zero-order chi connectivity index (χ0) is 12.3. The van der Waals surface area contributed by atoms with Crippen molar-refractivity contribution in [3.63, 3.8) is 0 Å². The average Bonchev–Trinajstić information content (AvgIpc) is 2.67. The minimum Gasteiger partial charge on any atom is -0.396 e. The first-order chi connectivity index (χ1) is 8.18. The Morgan fingerprint density at radius 1 is 1.47 bits per heavy atom. The fraction of sp³-hybridized carbons (Fsp3) is 0.182. The number of nitrogens with one attached hydrogen (secondary N) is 1. The molecule has 0 aliphatic heterocycles. The second kappa shape index (κ2) is 4.65. The first-order valence-corrected chi connectivity index (χ1v) is 5.13. The van der Waals surface area contributed by atoms with Crippen LogP contribution in [-0.4, -0.2) is 20.7 Å². The molecule has 2 rings (SSSR count). The predicted octanol–water partition coefficient (Wildman–Crippen LogP) is 0.327. The molecule has 0 bridgehead atoms. The van der Waals surface area contributed by atoms with Crippen LogP contribution in [0.3, 0.4) is 0 Å². The van der Waals surface area contributed by atoms with Crippen LogP contribution in [-0.2, 0) is 13.6 Å². The van der Waals surface area contributed by atoms with Gasteiger partial charge in [0.1, 0.15) is 5.69 Å². The Morgan fingerprint density at radius 3 is 2.76 bits per heavy atom. The summed E-state index contributed by atoms with van der Waals surface area (Å²) in [5, 5.41) is 6.69. The zero-order valence-electron chi connectivity index (χ0n) is 9.42. The summed E-state index contributed by atoms with van der Waals surface area (Å²) >= 11 is 0. The van der Waals surface area contributed by atoms with Crippen LogP contribution in [0.1, 0.15) is 16.1 Å². The van der Waals surface area contributed by atoms with Crippen LogP contribution in [0.25, 0.3) is 0 Å². The maximum absolute atomic E-state index is 11.9. The minimum atomic E-state index is -0.237. The number of anilines is 1. The van der Waals surface area contributed by atoms with Crippen molar-refractivity contribution in [1.82, 2.24) is 20.1 Å². The van der Waals surface area contributed by atoms with Crippen molar-refractivity contribution in [3.8, 4) is 0 Å². The van der Waals surface area contributed by atoms with Crippen molar-refractivity contribution < 1.29 is 4.79 Å². The Bertz CT molecular complexity index is 500. The summed E-state index contributed by atoms with van der Waals surface area (Å²) in [6, 6.07) is 3.68. The lowest BCUT2D eigenvalue weighted by Crippen LogP contribution is -2.26. The summed E-state index contributed by atoms with van der Waals surface area (Å²) in [6.45, 7) is 0.436. The van der Waals surface area contributed by atoms with Crippen LogP contribution in [0, 0.1) is 0 Å². The number of carbonyl (C=O) groups is 1. The molecule has 0 atom stereocenters. The molecule has 6 heteroatoms. The molecule has 3 N–H and O–H groups in total. The maximum atomic E-state index is 11.9. The summed E-state index contributed by atoms with van der Waals surface area (Å²) in [7, 11) is 1.68. The van der Waals surface area contributed by atoms with Crippen molar-refractivity contribution in [2.75, 3.05) is 5.73 Å². The van der Waals surface area contributed by atoms with Gasteiger partial charge in [0.2, 0.25) is 0 Å². The van der Waals surface area contributed by atoms with E-state index in [2.05, 4.69) is 15.4 Å². The molecule has 0 aromatic carbocycles. The van der Waals surface area contributed by atoms with E-state index >= 15 is 0 Å². The van der Waals surface area contributed by atoms with E-state index in [1.54, 1.807) is 19.4 Å². The van der Waals surface area contributed by atoms with E-state index < -0.39 is 0 Å². The number of amides is 1. The third-order valence-corrected chi connectivity index (χ3v) is 2.38. The van der Waals surface area contributed by atoms with Gasteiger partial charge in [-0.05, 0) is 17.7 Å². The Labute approximate surface area is 98.5 Å². The minimum absolute atomic E-state index is 0.237. The van der Waals surface area contributed by atoms with Crippen LogP contribution in [0.15, 0.2) is 30.7 Å². The van der Waals surface area contributed by atoms with E-state index in [1.807, 2.05) is 12.1 Å². The number of nitrogens with zero attached hydrogens (tertiary/aromatic N) is 3. The molecule has 0 fully saturated rings. The molecular formula is C11H13N5O. The number of hydrogen-bond donors (Lipinski definition) is 2. The van der Waals surface area contributed by atoms with Crippen molar-refractivity contribution >= 4 is 11.6 Å². The summed E-state index contributed by atoms with van der Waals surface area (Å²) < 4.78 is 1.46. The molecule has 2 aromatic rings. The van der Waals surface area contributed by atoms with Gasteiger partial charge in [-0.15, -0.1) is 0 Å². The van der Waals surface area contributed by atoms with Gasteiger partial charge < -0.3 is 11.1 Å². The fourth-order valence-corrected chi connectivity index (χ4v) is 1.50. The highest BCUT2D eigenvalue weighted by molar-refractivity contribution is 5.97. The van der Waals surface area contributed by atoms with Crippen LogP contribution < -0.4 is 11.1 Å². The molecule has 0 spiro atoms. The molecule has 6 nitrogen and oxygen atoms in total. The van der Waals surface area contributed by atoms with Gasteiger partial charge in [-0.25, -0.2) is 0 Å². The summed E-state index contributed by atoms with van der Waals surface area (Å²) in [6.07, 6.45) is 4.82. The highest BCUT2D eigenvalue weighted by Crippen LogP contribution is 2.09. The molecule has 17 heavy (non-hydrogen) atoms. The number of rotatable bonds is 3. The van der Waals surface area contributed by atoms with Crippen LogP contribution in [0.5, 0.6) is 0 Å². The first kappa shape index (κ1) is 11.1. The number of nitrogens with two attached hydrogens (primary N) is 1. The standard InChI is InChI=1S/C11H13N5O/c1-16-10(9(12)7-15-16)11(17)14-6-8-2-4-13-5-3-8/h2-5,7H,6,12H2,1H3,(H,14,17). The topological polar surface area (TPSA) is 85.8 Å². The Balaban J connectivity index is 2.04. The average molecular weight is 231 g/mol. The van der Waals surface area contributed by atoms with E-state index in [1.165, 1.54) is 10.9 Å². The molecule has 0 aliphatic rings. The van der Waals surface area contributed by atoms with Crippen molar-refractivity contribution in [2.24, 2.45) is 7.05 Å². The van der Waals surface area contributed by atoms with Crippen LogP contribution >= 0.6 is 0 Å². The number of hydrogen-bond acceptors (Lipinski definition) is 4. The van der Waals surface area contributed by atoms with Gasteiger partial charge >= 0.3 is 0 Å². The molecule has 1 amide bonds. The number of aromatic nitrogens is 3. The Morgan fingerprint density at radius 2 is 2.18 bits per heavy atom. The van der Waals surface area contributed by atoms with E-state index in [-0.39, 0.29) is 5.91 Å². The van der Waals surface area contributed by atoms with Gasteiger partial charge in [0.15, 0.2) is 0 Å². The van der Waals surface area contributed by atoms with Crippen LogP contribution in [0.2, 0.25) is 0 Å². The second-order valence-electron chi connectivity index (χ2n) is 3.61.